The van der Waals surface area contributed by atoms with Gasteiger partial charge >= 0.3 is 6.09 Å². The van der Waals surface area contributed by atoms with Crippen molar-refractivity contribution in [2.45, 2.75) is 44.2 Å². The number of aromatic nitrogens is 1. The predicted molar refractivity (Wildman–Crippen MR) is 162 cm³/mol. The van der Waals surface area contributed by atoms with Gasteiger partial charge in [0.15, 0.2) is 17.2 Å². The van der Waals surface area contributed by atoms with Crippen LogP contribution in [0.3, 0.4) is 0 Å². The monoisotopic (exact) mass is 613 g/mol. The second kappa shape index (κ2) is 13.2. The second-order valence-corrected chi connectivity index (χ2v) is 11.6. The Morgan fingerprint density at radius 1 is 0.929 bits per heavy atom. The molecule has 0 saturated heterocycles. The molecule has 222 valence electrons. The summed E-state index contributed by atoms with van der Waals surface area (Å²) in [7, 11) is -0.879. The van der Waals surface area contributed by atoms with E-state index in [0.717, 1.165) is 0 Å². The summed E-state index contributed by atoms with van der Waals surface area (Å²) < 4.78 is 46.1. The normalized spacial score (nSPS) is 11.4. The molecule has 4 aromatic rings. The molecule has 0 saturated carbocycles. The molecule has 0 unspecified atom stereocenters. The lowest BCUT2D eigenvalue weighted by Crippen LogP contribution is -2.28. The van der Waals surface area contributed by atoms with Gasteiger partial charge in [0.25, 0.3) is 15.6 Å². The molecule has 4 rings (SSSR count). The third-order valence-electron chi connectivity index (χ3n) is 6.79. The number of pyridine rings is 1. The number of nitrogens with zero attached hydrogens (tertiary/aromatic N) is 1. The van der Waals surface area contributed by atoms with Crippen LogP contribution in [0.15, 0.2) is 76.6 Å². The zero-order valence-corrected chi connectivity index (χ0v) is 25.2. The van der Waals surface area contributed by atoms with Crippen molar-refractivity contribution in [3.05, 3.63) is 87.8 Å². The highest BCUT2D eigenvalue weighted by Gasteiger charge is 2.20. The number of benzene rings is 3. The Hall–Kier alpha value is -4.22. The lowest BCUT2D eigenvalue weighted by Gasteiger charge is -2.20. The van der Waals surface area contributed by atoms with E-state index >= 15 is 0 Å². The van der Waals surface area contributed by atoms with Crippen molar-refractivity contribution in [2.75, 3.05) is 18.9 Å². The molecule has 3 aromatic carbocycles. The van der Waals surface area contributed by atoms with Gasteiger partial charge in [0.05, 0.1) is 30.7 Å². The lowest BCUT2D eigenvalue weighted by molar-refractivity contribution is 0.200. The molecule has 0 bridgehead atoms. The maximum atomic E-state index is 13.4. The van der Waals surface area contributed by atoms with E-state index in [4.69, 9.17) is 25.8 Å². The minimum Gasteiger partial charge on any atom is -0.493 e. The maximum absolute atomic E-state index is 13.4. The lowest BCUT2D eigenvalue weighted by atomic mass is 10.1. The molecular formula is C30H32ClN3O7S. The first-order valence-electron chi connectivity index (χ1n) is 13.2. The Morgan fingerprint density at radius 3 is 2.19 bits per heavy atom. The molecule has 0 atom stereocenters. The van der Waals surface area contributed by atoms with Gasteiger partial charge in [-0.2, -0.15) is 0 Å². The van der Waals surface area contributed by atoms with E-state index in [1.165, 1.54) is 38.5 Å². The molecule has 2 N–H and O–H groups in total. The number of nitrogens with one attached hydrogen (secondary N) is 2. The molecule has 1 amide bonds. The summed E-state index contributed by atoms with van der Waals surface area (Å²) in [6, 6.07) is 15.5. The van der Waals surface area contributed by atoms with Gasteiger partial charge < -0.3 is 24.1 Å². The number of hydrogen-bond donors (Lipinski definition) is 2. The highest BCUT2D eigenvalue weighted by Crippen LogP contribution is 2.35. The van der Waals surface area contributed by atoms with Crippen LogP contribution in [0.5, 0.6) is 17.2 Å². The number of amides is 1. The Balaban J connectivity index is 1.56. The largest absolute Gasteiger partial charge is 0.493 e. The van der Waals surface area contributed by atoms with Crippen molar-refractivity contribution in [1.82, 2.24) is 9.88 Å². The fourth-order valence-electron chi connectivity index (χ4n) is 4.57. The number of methoxy groups -OCH3 is 2. The molecule has 1 heterocycles. The summed E-state index contributed by atoms with van der Waals surface area (Å²) in [5, 5.41) is 3.83. The zero-order valence-electron chi connectivity index (χ0n) is 23.6. The van der Waals surface area contributed by atoms with Crippen molar-refractivity contribution in [3.63, 3.8) is 0 Å². The van der Waals surface area contributed by atoms with Crippen LogP contribution in [-0.2, 0) is 16.6 Å². The van der Waals surface area contributed by atoms with Crippen LogP contribution >= 0.6 is 11.6 Å². The average Bonchev–Trinajstić information content (AvgIpc) is 2.98. The molecule has 0 aliphatic carbocycles. The number of rotatable bonds is 11. The van der Waals surface area contributed by atoms with E-state index in [2.05, 4.69) is 10.0 Å². The van der Waals surface area contributed by atoms with Gasteiger partial charge in [-0.05, 0) is 66.9 Å². The van der Waals surface area contributed by atoms with Gasteiger partial charge in [0.2, 0.25) is 0 Å². The predicted octanol–water partition coefficient (Wildman–Crippen LogP) is 6.12. The summed E-state index contributed by atoms with van der Waals surface area (Å²) in [5.74, 6) is 0.943. The van der Waals surface area contributed by atoms with Crippen molar-refractivity contribution < 1.29 is 27.4 Å². The first-order valence-corrected chi connectivity index (χ1v) is 15.1. The van der Waals surface area contributed by atoms with Crippen molar-refractivity contribution in [2.24, 2.45) is 0 Å². The molecule has 10 nitrogen and oxygen atoms in total. The van der Waals surface area contributed by atoms with E-state index in [1.807, 2.05) is 13.8 Å². The Bertz CT molecular complexity index is 1750. The van der Waals surface area contributed by atoms with Gasteiger partial charge in [-0.25, -0.2) is 13.2 Å². The molecule has 0 aliphatic rings. The fourth-order valence-corrected chi connectivity index (χ4v) is 5.75. The third kappa shape index (κ3) is 6.80. The summed E-state index contributed by atoms with van der Waals surface area (Å²) in [6.07, 6.45) is 2.20. The molecule has 0 fully saturated rings. The topological polar surface area (TPSA) is 125 Å². The Labute approximate surface area is 249 Å². The van der Waals surface area contributed by atoms with Gasteiger partial charge in [0, 0.05) is 28.7 Å². The minimum absolute atomic E-state index is 0.0522. The smallest absolute Gasteiger partial charge is 0.412 e. The van der Waals surface area contributed by atoms with Crippen LogP contribution in [-0.4, -0.2) is 33.3 Å². The van der Waals surface area contributed by atoms with Crippen molar-refractivity contribution in [1.29, 1.82) is 0 Å². The molecular weight excluding hydrogens is 582 g/mol. The summed E-state index contributed by atoms with van der Waals surface area (Å²) in [6.45, 7) is 4.02. The summed E-state index contributed by atoms with van der Waals surface area (Å²) in [4.78, 5) is 26.4. The zero-order chi connectivity index (χ0) is 30.4. The van der Waals surface area contributed by atoms with Gasteiger partial charge in [-0.1, -0.05) is 37.6 Å². The van der Waals surface area contributed by atoms with Gasteiger partial charge in [0.1, 0.15) is 0 Å². The van der Waals surface area contributed by atoms with E-state index in [0.29, 0.717) is 51.4 Å². The SMILES string of the molecule is CCC(CC)n1cc(OC(=O)NCc2cccc(NS(=O)(=O)c3ccc(Cl)cc3)c2)c2cc(OC)c(OC)cc2c1=O. The molecule has 1 aromatic heterocycles. The Kier molecular flexibility index (Phi) is 9.64. The molecule has 0 radical (unpaired) electrons. The van der Waals surface area contributed by atoms with E-state index in [-0.39, 0.29) is 28.8 Å². The van der Waals surface area contributed by atoms with Gasteiger partial charge in [-0.15, -0.1) is 0 Å². The highest BCUT2D eigenvalue weighted by molar-refractivity contribution is 7.92. The quantitative estimate of drug-likeness (QED) is 0.209. The number of halogens is 1. The number of hydrogen-bond acceptors (Lipinski definition) is 7. The van der Waals surface area contributed by atoms with E-state index < -0.39 is 16.1 Å². The number of anilines is 1. The van der Waals surface area contributed by atoms with Crippen LogP contribution < -0.4 is 29.8 Å². The van der Waals surface area contributed by atoms with Crippen LogP contribution in [0.2, 0.25) is 5.02 Å². The summed E-state index contributed by atoms with van der Waals surface area (Å²) in [5.41, 5.74) is 0.716. The first-order chi connectivity index (χ1) is 20.1. The van der Waals surface area contributed by atoms with E-state index in [9.17, 15) is 18.0 Å². The number of ether oxygens (including phenoxy) is 3. The molecule has 12 heteroatoms. The number of carbonyl (C=O) groups excluding carboxylic acids is 1. The molecule has 0 aliphatic heterocycles. The maximum Gasteiger partial charge on any atom is 0.412 e. The minimum atomic E-state index is -3.84. The van der Waals surface area contributed by atoms with Gasteiger partial charge in [-0.3, -0.25) is 9.52 Å². The first kappa shape index (κ1) is 30.7. The number of carbonyl (C=O) groups is 1. The van der Waals surface area contributed by atoms with Crippen LogP contribution in [0, 0.1) is 0 Å². The summed E-state index contributed by atoms with van der Waals surface area (Å²) >= 11 is 5.86. The number of fused-ring (bicyclic) bond motifs is 1. The highest BCUT2D eigenvalue weighted by atomic mass is 35.5. The third-order valence-corrected chi connectivity index (χ3v) is 8.44. The van der Waals surface area contributed by atoms with Crippen LogP contribution in [0.4, 0.5) is 10.5 Å². The fraction of sp³-hybridized carbons (Fsp3) is 0.267. The van der Waals surface area contributed by atoms with Crippen LogP contribution in [0.25, 0.3) is 10.8 Å². The Morgan fingerprint density at radius 2 is 1.57 bits per heavy atom. The number of sulfonamides is 1. The van der Waals surface area contributed by atoms with Crippen LogP contribution in [0.1, 0.15) is 38.3 Å². The molecule has 42 heavy (non-hydrogen) atoms. The van der Waals surface area contributed by atoms with Crippen molar-refractivity contribution >= 4 is 44.2 Å². The standard InChI is InChI=1S/C30H32ClN3O7S/c1-5-22(6-2)34-18-28(24-15-26(39-3)27(40-4)16-25(24)29(34)35)41-30(36)32-17-19-8-7-9-21(14-19)33-42(37,38)23-12-10-20(31)11-13-23/h7-16,18,22,33H,5-6,17H2,1-4H3,(H,32,36). The van der Waals surface area contributed by atoms with E-state index in [1.54, 1.807) is 47.2 Å². The molecule has 0 spiro atoms. The average molecular weight is 614 g/mol. The second-order valence-electron chi connectivity index (χ2n) is 9.43. The van der Waals surface area contributed by atoms with Crippen molar-refractivity contribution in [3.8, 4) is 17.2 Å².